The molecular weight excluding hydrogens is 364 g/mol. The van der Waals surface area contributed by atoms with Crippen LogP contribution in [0.4, 0.5) is 0 Å². The Bertz CT molecular complexity index is 1100. The molecule has 0 atom stereocenters. The number of hydrogen-bond acceptors (Lipinski definition) is 4. The number of ketones is 1. The van der Waals surface area contributed by atoms with Gasteiger partial charge in [0.2, 0.25) is 5.88 Å². The number of ether oxygens (including phenoxy) is 1. The monoisotopic (exact) mass is 388 g/mol. The third-order valence-corrected chi connectivity index (χ3v) is 5.37. The Hall–Kier alpha value is -3.21. The largest absolute Gasteiger partial charge is 0.472 e. The molecule has 0 bridgehead atoms. The van der Waals surface area contributed by atoms with Crippen molar-refractivity contribution < 1.29 is 9.53 Å². The molecule has 0 spiro atoms. The van der Waals surface area contributed by atoms with Crippen molar-refractivity contribution in [1.82, 2.24) is 9.55 Å². The number of fused-ring (bicyclic) bond motifs is 1. The molecule has 0 amide bonds. The summed E-state index contributed by atoms with van der Waals surface area (Å²) in [7, 11) is 0. The van der Waals surface area contributed by atoms with E-state index in [9.17, 15) is 9.59 Å². The minimum atomic E-state index is -0.0104. The lowest BCUT2D eigenvalue weighted by atomic mass is 10.0. The molecule has 2 heterocycles. The van der Waals surface area contributed by atoms with Gasteiger partial charge in [0.05, 0.1) is 5.56 Å². The lowest BCUT2D eigenvalue weighted by Crippen LogP contribution is -2.30. The fourth-order valence-electron chi connectivity index (χ4n) is 3.56. The van der Waals surface area contributed by atoms with Gasteiger partial charge in [0, 0.05) is 24.1 Å². The zero-order valence-electron chi connectivity index (χ0n) is 16.8. The van der Waals surface area contributed by atoms with E-state index >= 15 is 0 Å². The second-order valence-electron chi connectivity index (χ2n) is 7.55. The maximum absolute atomic E-state index is 12.6. The predicted octanol–water partition coefficient (Wildman–Crippen LogP) is 4.01. The van der Waals surface area contributed by atoms with Crippen molar-refractivity contribution in [1.29, 1.82) is 0 Å². The summed E-state index contributed by atoms with van der Waals surface area (Å²) in [6.07, 6.45) is 2.87. The van der Waals surface area contributed by atoms with Gasteiger partial charge in [-0.15, -0.1) is 0 Å². The second-order valence-corrected chi connectivity index (χ2v) is 7.55. The smallest absolute Gasteiger partial charge is 0.260 e. The minimum Gasteiger partial charge on any atom is -0.472 e. The van der Waals surface area contributed by atoms with Gasteiger partial charge in [-0.2, -0.15) is 4.98 Å². The summed E-state index contributed by atoms with van der Waals surface area (Å²) >= 11 is 0. The van der Waals surface area contributed by atoms with Crippen LogP contribution in [0.25, 0.3) is 0 Å². The van der Waals surface area contributed by atoms with E-state index in [1.165, 1.54) is 0 Å². The normalized spacial score (nSPS) is 13.0. The van der Waals surface area contributed by atoms with E-state index in [0.717, 1.165) is 42.8 Å². The van der Waals surface area contributed by atoms with E-state index in [2.05, 4.69) is 4.98 Å². The lowest BCUT2D eigenvalue weighted by molar-refractivity contribution is 0.103. The van der Waals surface area contributed by atoms with Gasteiger partial charge < -0.3 is 4.74 Å². The quantitative estimate of drug-likeness (QED) is 0.620. The van der Waals surface area contributed by atoms with Crippen molar-refractivity contribution in [3.63, 3.8) is 0 Å². The van der Waals surface area contributed by atoms with E-state index in [0.29, 0.717) is 29.2 Å². The van der Waals surface area contributed by atoms with Crippen LogP contribution in [0, 0.1) is 13.8 Å². The first-order valence-corrected chi connectivity index (χ1v) is 9.96. The first-order chi connectivity index (χ1) is 14.0. The zero-order valence-corrected chi connectivity index (χ0v) is 16.8. The molecular formula is C24H24N2O3. The molecule has 0 saturated carbocycles. The van der Waals surface area contributed by atoms with Crippen LogP contribution in [0.5, 0.6) is 5.88 Å². The highest BCUT2D eigenvalue weighted by molar-refractivity contribution is 6.08. The van der Waals surface area contributed by atoms with Gasteiger partial charge in [-0.05, 0) is 32.3 Å². The number of hydrogen-bond donors (Lipinski definition) is 0. The average molecular weight is 388 g/mol. The van der Waals surface area contributed by atoms with Crippen LogP contribution < -0.4 is 10.3 Å². The third-order valence-electron chi connectivity index (χ3n) is 5.37. The molecule has 5 heteroatoms. The van der Waals surface area contributed by atoms with E-state index in [-0.39, 0.29) is 11.3 Å². The number of carbonyl (C=O) groups excluding carboxylic acids is 1. The molecule has 29 heavy (non-hydrogen) atoms. The molecule has 0 fully saturated rings. The SMILES string of the molecule is Cc1ccc(C(=O)c2ccc(COc3nc4n(c(=O)c3C)CCCC4)cc2)cc1. The van der Waals surface area contributed by atoms with Crippen molar-refractivity contribution in [3.8, 4) is 5.88 Å². The zero-order chi connectivity index (χ0) is 20.4. The molecule has 1 aliphatic rings. The van der Waals surface area contributed by atoms with Crippen LogP contribution in [0.2, 0.25) is 0 Å². The maximum atomic E-state index is 12.6. The number of nitrogens with zero attached hydrogens (tertiary/aromatic N) is 2. The van der Waals surface area contributed by atoms with Crippen LogP contribution in [0.15, 0.2) is 53.3 Å². The highest BCUT2D eigenvalue weighted by atomic mass is 16.5. The fourth-order valence-corrected chi connectivity index (χ4v) is 3.56. The van der Waals surface area contributed by atoms with Crippen LogP contribution in [0.1, 0.15) is 51.3 Å². The molecule has 2 aromatic carbocycles. The molecule has 0 N–H and O–H groups in total. The molecule has 1 aromatic heterocycles. The second kappa shape index (κ2) is 8.03. The van der Waals surface area contributed by atoms with E-state index in [4.69, 9.17) is 4.74 Å². The van der Waals surface area contributed by atoms with Gasteiger partial charge in [-0.25, -0.2) is 0 Å². The standard InChI is InChI=1S/C24H24N2O3/c1-16-6-10-19(11-7-16)22(27)20-12-8-18(9-13-20)15-29-23-17(2)24(28)26-14-4-3-5-21(26)25-23/h6-13H,3-5,14-15H2,1-2H3. The summed E-state index contributed by atoms with van der Waals surface area (Å²) < 4.78 is 7.62. The molecule has 148 valence electrons. The maximum Gasteiger partial charge on any atom is 0.260 e. The molecule has 0 aliphatic carbocycles. The Morgan fingerprint density at radius 2 is 1.66 bits per heavy atom. The molecule has 0 saturated heterocycles. The third kappa shape index (κ3) is 3.99. The van der Waals surface area contributed by atoms with Crippen molar-refractivity contribution in [3.05, 3.63) is 92.5 Å². The summed E-state index contributed by atoms with van der Waals surface area (Å²) in [4.78, 5) is 29.7. The highest BCUT2D eigenvalue weighted by Gasteiger charge is 2.17. The summed E-state index contributed by atoms with van der Waals surface area (Å²) in [6, 6.07) is 14.9. The van der Waals surface area contributed by atoms with Gasteiger partial charge in [-0.3, -0.25) is 14.2 Å². The number of aryl methyl sites for hydroxylation is 2. The van der Waals surface area contributed by atoms with Crippen molar-refractivity contribution in [2.45, 2.75) is 46.3 Å². The Labute approximate surface area is 170 Å². The number of benzene rings is 2. The van der Waals surface area contributed by atoms with Gasteiger partial charge >= 0.3 is 0 Å². The van der Waals surface area contributed by atoms with E-state index in [1.807, 2.05) is 55.5 Å². The first-order valence-electron chi connectivity index (χ1n) is 9.96. The van der Waals surface area contributed by atoms with Gasteiger partial charge in [0.25, 0.3) is 5.56 Å². The van der Waals surface area contributed by atoms with Gasteiger partial charge in [0.1, 0.15) is 12.4 Å². The first kappa shape index (κ1) is 19.1. The van der Waals surface area contributed by atoms with Crippen molar-refractivity contribution in [2.75, 3.05) is 0 Å². The number of rotatable bonds is 5. The summed E-state index contributed by atoms with van der Waals surface area (Å²) in [5.74, 6) is 1.21. The molecule has 0 radical (unpaired) electrons. The topological polar surface area (TPSA) is 61.2 Å². The average Bonchev–Trinajstić information content (AvgIpc) is 2.76. The molecule has 5 nitrogen and oxygen atoms in total. The van der Waals surface area contributed by atoms with Crippen molar-refractivity contribution >= 4 is 5.78 Å². The number of carbonyl (C=O) groups is 1. The molecule has 3 aromatic rings. The summed E-state index contributed by atoms with van der Waals surface area (Å²) in [5, 5.41) is 0. The fraction of sp³-hybridized carbons (Fsp3) is 0.292. The van der Waals surface area contributed by atoms with Gasteiger partial charge in [-0.1, -0.05) is 54.1 Å². The van der Waals surface area contributed by atoms with Gasteiger partial charge in [0.15, 0.2) is 5.78 Å². The molecule has 4 rings (SSSR count). The van der Waals surface area contributed by atoms with E-state index < -0.39 is 0 Å². The summed E-state index contributed by atoms with van der Waals surface area (Å²) in [6.45, 7) is 4.79. The van der Waals surface area contributed by atoms with Crippen LogP contribution in [0.3, 0.4) is 0 Å². The van der Waals surface area contributed by atoms with Crippen LogP contribution in [-0.4, -0.2) is 15.3 Å². The minimum absolute atomic E-state index is 0.00214. The Kier molecular flexibility index (Phi) is 5.30. The molecule has 1 aliphatic heterocycles. The predicted molar refractivity (Wildman–Crippen MR) is 112 cm³/mol. The Morgan fingerprint density at radius 1 is 1.00 bits per heavy atom. The number of aromatic nitrogens is 2. The molecule has 0 unspecified atom stereocenters. The van der Waals surface area contributed by atoms with Crippen LogP contribution in [-0.2, 0) is 19.6 Å². The summed E-state index contributed by atoms with van der Waals surface area (Å²) in [5.41, 5.74) is 3.89. The highest BCUT2D eigenvalue weighted by Crippen LogP contribution is 2.18. The Balaban J connectivity index is 1.47. The van der Waals surface area contributed by atoms with E-state index in [1.54, 1.807) is 11.5 Å². The van der Waals surface area contributed by atoms with Crippen LogP contribution >= 0.6 is 0 Å². The lowest BCUT2D eigenvalue weighted by Gasteiger charge is -2.19. The van der Waals surface area contributed by atoms with Crippen molar-refractivity contribution in [2.24, 2.45) is 0 Å². The Morgan fingerprint density at radius 3 is 2.34 bits per heavy atom.